The second-order valence-electron chi connectivity index (χ2n) is 9.49. The Balaban J connectivity index is 1.37. The number of hydrogen-bond donors (Lipinski definition) is 1. The van der Waals surface area contributed by atoms with Crippen molar-refractivity contribution in [1.82, 2.24) is 15.1 Å². The zero-order chi connectivity index (χ0) is 19.9. The standard InChI is InChI=1S/C24H39N3O/c1-19-6-4-12-27(15-19)18-22-7-9-23(10-8-22)24(28)25-11-5-13-26-16-20(2)14-21(3)17-26/h7-10,19-21H,4-6,11-18H2,1-3H3,(H,25,28)/t19-,20+,21+/m1/s1. The van der Waals surface area contributed by atoms with Crippen LogP contribution in [0.4, 0.5) is 0 Å². The number of benzene rings is 1. The smallest absolute Gasteiger partial charge is 0.251 e. The van der Waals surface area contributed by atoms with Crippen molar-refractivity contribution in [3.63, 3.8) is 0 Å². The van der Waals surface area contributed by atoms with Gasteiger partial charge in [0.05, 0.1) is 0 Å². The summed E-state index contributed by atoms with van der Waals surface area (Å²) in [6.45, 7) is 14.7. The van der Waals surface area contributed by atoms with Crippen molar-refractivity contribution in [2.24, 2.45) is 17.8 Å². The lowest BCUT2D eigenvalue weighted by Gasteiger charge is -2.34. The summed E-state index contributed by atoms with van der Waals surface area (Å²) in [5.41, 5.74) is 2.08. The van der Waals surface area contributed by atoms with Crippen LogP contribution in [0.25, 0.3) is 0 Å². The summed E-state index contributed by atoms with van der Waals surface area (Å²) in [6.07, 6.45) is 5.03. The van der Waals surface area contributed by atoms with Gasteiger partial charge in [0.15, 0.2) is 0 Å². The molecule has 1 aromatic rings. The molecule has 0 unspecified atom stereocenters. The Morgan fingerprint density at radius 2 is 1.68 bits per heavy atom. The van der Waals surface area contributed by atoms with E-state index in [1.165, 1.54) is 51.0 Å². The summed E-state index contributed by atoms with van der Waals surface area (Å²) in [5.74, 6) is 2.45. The molecular formula is C24H39N3O. The maximum absolute atomic E-state index is 12.4. The van der Waals surface area contributed by atoms with E-state index in [9.17, 15) is 4.79 Å². The number of amides is 1. The summed E-state index contributed by atoms with van der Waals surface area (Å²) < 4.78 is 0. The number of rotatable bonds is 7. The van der Waals surface area contributed by atoms with Crippen molar-refractivity contribution >= 4 is 5.91 Å². The van der Waals surface area contributed by atoms with Gasteiger partial charge in [-0.1, -0.05) is 32.9 Å². The van der Waals surface area contributed by atoms with Gasteiger partial charge in [-0.05, 0) is 74.2 Å². The van der Waals surface area contributed by atoms with Crippen LogP contribution in [0.2, 0.25) is 0 Å². The lowest BCUT2D eigenvalue weighted by Crippen LogP contribution is -2.40. The van der Waals surface area contributed by atoms with Gasteiger partial charge >= 0.3 is 0 Å². The molecule has 0 spiro atoms. The molecule has 0 aromatic heterocycles. The molecule has 156 valence electrons. The van der Waals surface area contributed by atoms with E-state index in [2.05, 4.69) is 48.0 Å². The quantitative estimate of drug-likeness (QED) is 0.720. The molecule has 4 heteroatoms. The van der Waals surface area contributed by atoms with Crippen LogP contribution in [0.3, 0.4) is 0 Å². The Hall–Kier alpha value is -1.39. The molecule has 2 fully saturated rings. The Kier molecular flexibility index (Phi) is 7.92. The second kappa shape index (κ2) is 10.4. The first kappa shape index (κ1) is 21.3. The van der Waals surface area contributed by atoms with Crippen LogP contribution in [0.5, 0.6) is 0 Å². The Morgan fingerprint density at radius 3 is 2.36 bits per heavy atom. The molecule has 0 aliphatic carbocycles. The van der Waals surface area contributed by atoms with E-state index in [0.29, 0.717) is 0 Å². The predicted octanol–water partition coefficient (Wildman–Crippen LogP) is 4.02. The lowest BCUT2D eigenvalue weighted by molar-refractivity contribution is 0.0947. The van der Waals surface area contributed by atoms with Gasteiger partial charge in [-0.15, -0.1) is 0 Å². The van der Waals surface area contributed by atoms with E-state index in [0.717, 1.165) is 49.4 Å². The minimum absolute atomic E-state index is 0.0542. The molecule has 0 saturated carbocycles. The van der Waals surface area contributed by atoms with Crippen molar-refractivity contribution in [2.45, 2.75) is 53.0 Å². The van der Waals surface area contributed by atoms with Gasteiger partial charge in [-0.2, -0.15) is 0 Å². The van der Waals surface area contributed by atoms with Gasteiger partial charge < -0.3 is 10.2 Å². The number of carbonyl (C=O) groups is 1. The van der Waals surface area contributed by atoms with Crippen molar-refractivity contribution in [2.75, 3.05) is 39.3 Å². The molecule has 0 bridgehead atoms. The van der Waals surface area contributed by atoms with Crippen LogP contribution in [-0.2, 0) is 6.54 Å². The van der Waals surface area contributed by atoms with Gasteiger partial charge in [-0.3, -0.25) is 9.69 Å². The normalized spacial score (nSPS) is 26.9. The topological polar surface area (TPSA) is 35.6 Å². The van der Waals surface area contributed by atoms with Gasteiger partial charge in [0.1, 0.15) is 0 Å². The fraction of sp³-hybridized carbons (Fsp3) is 0.708. The third kappa shape index (κ3) is 6.59. The van der Waals surface area contributed by atoms with Gasteiger partial charge in [-0.25, -0.2) is 0 Å². The summed E-state index contributed by atoms with van der Waals surface area (Å²) in [6, 6.07) is 8.19. The van der Waals surface area contributed by atoms with E-state index in [1.54, 1.807) is 0 Å². The highest BCUT2D eigenvalue weighted by atomic mass is 16.1. The average molecular weight is 386 g/mol. The molecule has 2 heterocycles. The maximum atomic E-state index is 12.4. The third-order valence-corrected chi connectivity index (χ3v) is 6.24. The Bertz CT molecular complexity index is 605. The minimum atomic E-state index is 0.0542. The highest BCUT2D eigenvalue weighted by Crippen LogP contribution is 2.21. The molecule has 28 heavy (non-hydrogen) atoms. The zero-order valence-corrected chi connectivity index (χ0v) is 18.1. The number of hydrogen-bond acceptors (Lipinski definition) is 3. The summed E-state index contributed by atoms with van der Waals surface area (Å²) >= 11 is 0. The van der Waals surface area contributed by atoms with Crippen LogP contribution < -0.4 is 5.32 Å². The number of carbonyl (C=O) groups excluding carboxylic acids is 1. The zero-order valence-electron chi connectivity index (χ0n) is 18.1. The summed E-state index contributed by atoms with van der Waals surface area (Å²) in [7, 11) is 0. The highest BCUT2D eigenvalue weighted by molar-refractivity contribution is 5.94. The molecule has 0 radical (unpaired) electrons. The van der Waals surface area contributed by atoms with Crippen LogP contribution >= 0.6 is 0 Å². The van der Waals surface area contributed by atoms with Crippen LogP contribution in [0, 0.1) is 17.8 Å². The minimum Gasteiger partial charge on any atom is -0.352 e. The first-order valence-corrected chi connectivity index (χ1v) is 11.3. The van der Waals surface area contributed by atoms with Crippen molar-refractivity contribution in [3.8, 4) is 0 Å². The first-order valence-electron chi connectivity index (χ1n) is 11.3. The van der Waals surface area contributed by atoms with Gasteiger partial charge in [0.25, 0.3) is 5.91 Å². The molecule has 1 N–H and O–H groups in total. The molecule has 4 nitrogen and oxygen atoms in total. The summed E-state index contributed by atoms with van der Waals surface area (Å²) in [4.78, 5) is 17.5. The molecule has 1 aromatic carbocycles. The SMILES string of the molecule is C[C@@H]1CCCN(Cc2ccc(C(=O)NCCCN3C[C@@H](C)C[C@H](C)C3)cc2)C1. The predicted molar refractivity (Wildman–Crippen MR) is 116 cm³/mol. The number of piperidine rings is 2. The Morgan fingerprint density at radius 1 is 1.00 bits per heavy atom. The van der Waals surface area contributed by atoms with Gasteiger partial charge in [0.2, 0.25) is 0 Å². The van der Waals surface area contributed by atoms with Crippen molar-refractivity contribution < 1.29 is 4.79 Å². The average Bonchev–Trinajstić information content (AvgIpc) is 2.65. The molecule has 2 saturated heterocycles. The molecule has 2 aliphatic rings. The van der Waals surface area contributed by atoms with E-state index in [4.69, 9.17) is 0 Å². The van der Waals surface area contributed by atoms with Crippen LogP contribution in [0.15, 0.2) is 24.3 Å². The maximum Gasteiger partial charge on any atom is 0.251 e. The molecule has 3 rings (SSSR count). The largest absolute Gasteiger partial charge is 0.352 e. The third-order valence-electron chi connectivity index (χ3n) is 6.24. The molecule has 3 atom stereocenters. The molecule has 1 amide bonds. The number of nitrogens with zero attached hydrogens (tertiary/aromatic N) is 2. The van der Waals surface area contributed by atoms with Crippen LogP contribution in [0.1, 0.15) is 62.4 Å². The fourth-order valence-corrected chi connectivity index (χ4v) is 5.03. The first-order chi connectivity index (χ1) is 13.5. The monoisotopic (exact) mass is 385 g/mol. The van der Waals surface area contributed by atoms with E-state index >= 15 is 0 Å². The number of nitrogens with one attached hydrogen (secondary N) is 1. The Labute approximate surface area is 171 Å². The number of likely N-dealkylation sites (tertiary alicyclic amines) is 2. The summed E-state index contributed by atoms with van der Waals surface area (Å²) in [5, 5.41) is 3.09. The fourth-order valence-electron chi connectivity index (χ4n) is 5.03. The van der Waals surface area contributed by atoms with Crippen molar-refractivity contribution in [1.29, 1.82) is 0 Å². The van der Waals surface area contributed by atoms with E-state index < -0.39 is 0 Å². The lowest BCUT2D eigenvalue weighted by atomic mass is 9.92. The molecular weight excluding hydrogens is 346 g/mol. The van der Waals surface area contributed by atoms with Gasteiger partial charge in [0, 0.05) is 38.3 Å². The van der Waals surface area contributed by atoms with Crippen LogP contribution in [-0.4, -0.2) is 55.0 Å². The second-order valence-corrected chi connectivity index (χ2v) is 9.49. The van der Waals surface area contributed by atoms with E-state index in [1.807, 2.05) is 12.1 Å². The molecule has 2 aliphatic heterocycles. The van der Waals surface area contributed by atoms with E-state index in [-0.39, 0.29) is 5.91 Å². The van der Waals surface area contributed by atoms with Crippen molar-refractivity contribution in [3.05, 3.63) is 35.4 Å². The highest BCUT2D eigenvalue weighted by Gasteiger charge is 2.21.